The number of β-lactam (4-membered cyclic amide) rings is 1. The van der Waals surface area contributed by atoms with Crippen molar-refractivity contribution < 1.29 is 28.7 Å². The molecule has 0 spiro atoms. The summed E-state index contributed by atoms with van der Waals surface area (Å²) in [5.74, 6) is -1.25. The van der Waals surface area contributed by atoms with Crippen LogP contribution in [0.5, 0.6) is 0 Å². The van der Waals surface area contributed by atoms with Crippen LogP contribution >= 0.6 is 11.8 Å². The third kappa shape index (κ3) is 8.36. The van der Waals surface area contributed by atoms with Crippen LogP contribution in [0.2, 0.25) is 0 Å². The molecule has 1 aliphatic rings. The normalized spacial score (nSPS) is 16.1. The summed E-state index contributed by atoms with van der Waals surface area (Å²) in [5.41, 5.74) is 3.41. The van der Waals surface area contributed by atoms with Crippen LogP contribution in [0.3, 0.4) is 0 Å². The molecule has 4 rings (SSSR count). The van der Waals surface area contributed by atoms with Gasteiger partial charge in [-0.05, 0) is 46.7 Å². The Bertz CT molecular complexity index is 1510. The van der Waals surface area contributed by atoms with Gasteiger partial charge in [0.1, 0.15) is 12.6 Å². The first kappa shape index (κ1) is 32.0. The molecule has 1 saturated heterocycles. The van der Waals surface area contributed by atoms with Gasteiger partial charge < -0.3 is 19.7 Å². The minimum Gasteiger partial charge on any atom is -0.469 e. The van der Waals surface area contributed by atoms with Crippen molar-refractivity contribution in [1.29, 1.82) is 5.26 Å². The predicted molar refractivity (Wildman–Crippen MR) is 166 cm³/mol. The lowest BCUT2D eigenvalue weighted by atomic mass is 9.89. The standard InChI is InChI=1S/C34H33N3O6S/c1-23(22-44-17-16-29(39)42-2)32-31(36-28(38)19-24-10-9-11-25(18-24)20-35)34(41)37(32)21-30(40)43-33(26-12-5-3-6-13-26)27-14-7-4-8-15-27/h3-15,18,22,31-33H,16-17,19,21H2,1-2H3,(H,36,38). The highest BCUT2D eigenvalue weighted by atomic mass is 32.2. The molecule has 1 heterocycles. The fraction of sp³-hybridized carbons (Fsp3) is 0.265. The molecule has 0 saturated carbocycles. The average Bonchev–Trinajstić information content (AvgIpc) is 3.05. The number of thioether (sulfide) groups is 1. The highest BCUT2D eigenvalue weighted by molar-refractivity contribution is 8.02. The lowest BCUT2D eigenvalue weighted by Crippen LogP contribution is -2.71. The van der Waals surface area contributed by atoms with Crippen molar-refractivity contribution in [1.82, 2.24) is 10.2 Å². The predicted octanol–water partition coefficient (Wildman–Crippen LogP) is 4.33. The van der Waals surface area contributed by atoms with E-state index in [1.165, 1.54) is 23.8 Å². The second-order valence-electron chi connectivity index (χ2n) is 10.2. The number of carbonyl (C=O) groups excluding carboxylic acids is 4. The molecule has 2 atom stereocenters. The summed E-state index contributed by atoms with van der Waals surface area (Å²) in [6.45, 7) is 1.50. The smallest absolute Gasteiger partial charge is 0.326 e. The molecule has 2 amide bonds. The summed E-state index contributed by atoms with van der Waals surface area (Å²) in [7, 11) is 1.33. The van der Waals surface area contributed by atoms with E-state index in [-0.39, 0.29) is 31.3 Å². The van der Waals surface area contributed by atoms with Crippen LogP contribution in [0.1, 0.15) is 41.7 Å². The Labute approximate surface area is 260 Å². The number of nitrogens with zero attached hydrogens (tertiary/aromatic N) is 2. The zero-order valence-electron chi connectivity index (χ0n) is 24.5. The molecular formula is C34H33N3O6S. The molecule has 1 N–H and O–H groups in total. The van der Waals surface area contributed by atoms with Gasteiger partial charge in [0, 0.05) is 5.75 Å². The molecule has 3 aromatic carbocycles. The van der Waals surface area contributed by atoms with Gasteiger partial charge in [0.25, 0.3) is 0 Å². The molecule has 0 radical (unpaired) electrons. The fourth-order valence-electron chi connectivity index (χ4n) is 4.93. The fourth-order valence-corrected chi connectivity index (χ4v) is 5.74. The van der Waals surface area contributed by atoms with Crippen LogP contribution in [0.15, 0.2) is 95.9 Å². The quantitative estimate of drug-likeness (QED) is 0.172. The molecule has 0 bridgehead atoms. The summed E-state index contributed by atoms with van der Waals surface area (Å²) in [6, 6.07) is 26.0. The largest absolute Gasteiger partial charge is 0.469 e. The number of nitriles is 1. The number of carbonyl (C=O) groups is 4. The molecule has 9 nitrogen and oxygen atoms in total. The Morgan fingerprint density at radius 2 is 1.66 bits per heavy atom. The minimum absolute atomic E-state index is 0.0134. The highest BCUT2D eigenvalue weighted by Crippen LogP contribution is 2.30. The Balaban J connectivity index is 1.49. The lowest BCUT2D eigenvalue weighted by Gasteiger charge is -2.47. The number of hydrogen-bond donors (Lipinski definition) is 1. The second kappa shape index (κ2) is 15.5. The van der Waals surface area contributed by atoms with Gasteiger partial charge in [0.05, 0.1) is 37.6 Å². The van der Waals surface area contributed by atoms with E-state index in [4.69, 9.17) is 10.00 Å². The Kier molecular flexibility index (Phi) is 11.3. The van der Waals surface area contributed by atoms with E-state index in [2.05, 4.69) is 16.1 Å². The van der Waals surface area contributed by atoms with Crippen molar-refractivity contribution >= 4 is 35.5 Å². The first-order chi connectivity index (χ1) is 21.3. The number of nitrogens with one attached hydrogen (secondary N) is 1. The number of hydrogen-bond acceptors (Lipinski definition) is 8. The molecule has 226 valence electrons. The van der Waals surface area contributed by atoms with Gasteiger partial charge in [-0.15, -0.1) is 11.8 Å². The Morgan fingerprint density at radius 3 is 2.27 bits per heavy atom. The first-order valence-corrected chi connectivity index (χ1v) is 15.1. The van der Waals surface area contributed by atoms with E-state index in [1.54, 1.807) is 24.3 Å². The first-order valence-electron chi connectivity index (χ1n) is 14.0. The Hall–Kier alpha value is -4.88. The van der Waals surface area contributed by atoms with Gasteiger partial charge in [0.2, 0.25) is 11.8 Å². The van der Waals surface area contributed by atoms with Crippen molar-refractivity contribution in [3.05, 3.63) is 118 Å². The van der Waals surface area contributed by atoms with Crippen LogP contribution in [-0.2, 0) is 35.1 Å². The van der Waals surface area contributed by atoms with Crippen LogP contribution in [-0.4, -0.2) is 60.1 Å². The molecule has 10 heteroatoms. The minimum atomic E-state index is -0.883. The highest BCUT2D eigenvalue weighted by Gasteiger charge is 2.49. The van der Waals surface area contributed by atoms with E-state index in [0.717, 1.165) is 16.7 Å². The zero-order valence-corrected chi connectivity index (χ0v) is 25.3. The topological polar surface area (TPSA) is 126 Å². The SMILES string of the molecule is COC(=O)CCSC=C(C)C1C(NC(=O)Cc2cccc(C#N)c2)C(=O)N1CC(=O)OC(c1ccccc1)c1ccccc1. The number of rotatable bonds is 13. The number of benzene rings is 3. The number of esters is 2. The van der Waals surface area contributed by atoms with E-state index in [0.29, 0.717) is 16.9 Å². The van der Waals surface area contributed by atoms with Crippen molar-refractivity contribution in [3.63, 3.8) is 0 Å². The number of methoxy groups -OCH3 is 1. The zero-order chi connectivity index (χ0) is 31.5. The second-order valence-corrected chi connectivity index (χ2v) is 11.2. The van der Waals surface area contributed by atoms with Crippen molar-refractivity contribution in [2.24, 2.45) is 0 Å². The average molecular weight is 612 g/mol. The van der Waals surface area contributed by atoms with Crippen LogP contribution < -0.4 is 5.32 Å². The monoisotopic (exact) mass is 611 g/mol. The van der Waals surface area contributed by atoms with Gasteiger partial charge in [-0.1, -0.05) is 72.8 Å². The number of amides is 2. The van der Waals surface area contributed by atoms with Gasteiger partial charge in [-0.3, -0.25) is 19.2 Å². The van der Waals surface area contributed by atoms with E-state index < -0.39 is 30.1 Å². The summed E-state index contributed by atoms with van der Waals surface area (Å²) in [4.78, 5) is 52.5. The number of likely N-dealkylation sites (tertiary alicyclic amines) is 1. The van der Waals surface area contributed by atoms with Crippen molar-refractivity contribution in [3.8, 4) is 6.07 Å². The summed E-state index contributed by atoms with van der Waals surface area (Å²) >= 11 is 1.38. The van der Waals surface area contributed by atoms with Crippen LogP contribution in [0.25, 0.3) is 0 Å². The molecule has 2 unspecified atom stereocenters. The van der Waals surface area contributed by atoms with E-state index >= 15 is 0 Å². The van der Waals surface area contributed by atoms with E-state index in [9.17, 15) is 19.2 Å². The maximum atomic E-state index is 13.3. The van der Waals surface area contributed by atoms with Gasteiger partial charge in [0.15, 0.2) is 6.10 Å². The number of ether oxygens (including phenoxy) is 2. The third-order valence-electron chi connectivity index (χ3n) is 7.08. The van der Waals surface area contributed by atoms with Crippen LogP contribution in [0, 0.1) is 11.3 Å². The van der Waals surface area contributed by atoms with E-state index in [1.807, 2.05) is 73.0 Å². The maximum Gasteiger partial charge on any atom is 0.326 e. The maximum absolute atomic E-state index is 13.3. The summed E-state index contributed by atoms with van der Waals surface area (Å²) in [6.07, 6.45) is -0.460. The lowest BCUT2D eigenvalue weighted by molar-refractivity contribution is -0.162. The van der Waals surface area contributed by atoms with Crippen molar-refractivity contribution in [2.75, 3.05) is 19.4 Å². The molecule has 1 fully saturated rings. The van der Waals surface area contributed by atoms with Crippen LogP contribution in [0.4, 0.5) is 0 Å². The molecular weight excluding hydrogens is 578 g/mol. The van der Waals surface area contributed by atoms with Gasteiger partial charge in [-0.2, -0.15) is 5.26 Å². The van der Waals surface area contributed by atoms with Crippen molar-refractivity contribution in [2.45, 2.75) is 38.0 Å². The molecule has 44 heavy (non-hydrogen) atoms. The van der Waals surface area contributed by atoms with Gasteiger partial charge in [-0.25, -0.2) is 0 Å². The Morgan fingerprint density at radius 1 is 1.00 bits per heavy atom. The molecule has 0 aliphatic carbocycles. The summed E-state index contributed by atoms with van der Waals surface area (Å²) in [5, 5.41) is 13.8. The molecule has 3 aromatic rings. The summed E-state index contributed by atoms with van der Waals surface area (Å²) < 4.78 is 10.6. The molecule has 1 aliphatic heterocycles. The van der Waals surface area contributed by atoms with Gasteiger partial charge >= 0.3 is 11.9 Å². The molecule has 0 aromatic heterocycles. The third-order valence-corrected chi connectivity index (χ3v) is 8.06.